The van der Waals surface area contributed by atoms with Crippen LogP contribution in [0.4, 0.5) is 10.6 Å². The molecule has 0 aliphatic carbocycles. The van der Waals surface area contributed by atoms with E-state index < -0.39 is 6.09 Å². The first kappa shape index (κ1) is 24.7. The maximum absolute atomic E-state index is 11.6. The lowest BCUT2D eigenvalue weighted by atomic mass is 9.87. The molecule has 1 fully saturated rings. The van der Waals surface area contributed by atoms with Crippen molar-refractivity contribution < 1.29 is 19.4 Å². The van der Waals surface area contributed by atoms with Gasteiger partial charge in [0.15, 0.2) is 0 Å². The predicted molar refractivity (Wildman–Crippen MR) is 144 cm³/mol. The third-order valence-electron chi connectivity index (χ3n) is 6.75. The number of pyridine rings is 1. The molecule has 5 rings (SSSR count). The van der Waals surface area contributed by atoms with E-state index in [1.54, 1.807) is 24.4 Å². The highest BCUT2D eigenvalue weighted by Gasteiger charge is 2.27. The molecular formula is C30H31N3O4. The summed E-state index contributed by atoms with van der Waals surface area (Å²) in [5, 5.41) is 15.4. The van der Waals surface area contributed by atoms with E-state index in [0.29, 0.717) is 24.1 Å². The zero-order valence-electron chi connectivity index (χ0n) is 20.6. The van der Waals surface area contributed by atoms with Crippen LogP contribution >= 0.6 is 0 Å². The molecule has 1 aromatic heterocycles. The van der Waals surface area contributed by atoms with Gasteiger partial charge in [-0.3, -0.25) is 4.90 Å². The highest BCUT2D eigenvalue weighted by Crippen LogP contribution is 2.30. The summed E-state index contributed by atoms with van der Waals surface area (Å²) in [5.74, 6) is 1.38. The minimum Gasteiger partial charge on any atom is -0.492 e. The lowest BCUT2D eigenvalue weighted by molar-refractivity contribution is 0.0106. The molecule has 2 N–H and O–H groups in total. The minimum atomic E-state index is -1.06. The topological polar surface area (TPSA) is 83.9 Å². The van der Waals surface area contributed by atoms with E-state index in [1.165, 1.54) is 26.8 Å². The summed E-state index contributed by atoms with van der Waals surface area (Å²) < 4.78 is 12.3. The van der Waals surface area contributed by atoms with Crippen molar-refractivity contribution in [2.45, 2.75) is 25.0 Å². The molecule has 37 heavy (non-hydrogen) atoms. The second-order valence-corrected chi connectivity index (χ2v) is 9.17. The Hall–Kier alpha value is -3.94. The van der Waals surface area contributed by atoms with Crippen molar-refractivity contribution in [3.63, 3.8) is 0 Å². The Morgan fingerprint density at radius 3 is 2.59 bits per heavy atom. The van der Waals surface area contributed by atoms with Crippen LogP contribution in [0.2, 0.25) is 0 Å². The average molecular weight is 498 g/mol. The van der Waals surface area contributed by atoms with Gasteiger partial charge in [0, 0.05) is 18.7 Å². The SMILES string of the molecule is O=C(O)N(CCOc1ccc(C2CCNCC2OCc2ccc3ccccc3c2)cc1)c1ccccn1. The Balaban J connectivity index is 1.17. The Morgan fingerprint density at radius 1 is 1.00 bits per heavy atom. The van der Waals surface area contributed by atoms with Gasteiger partial charge in [0.25, 0.3) is 0 Å². The van der Waals surface area contributed by atoms with Gasteiger partial charge in [-0.25, -0.2) is 9.78 Å². The number of hydrogen-bond acceptors (Lipinski definition) is 5. The number of nitrogens with zero attached hydrogens (tertiary/aromatic N) is 2. The van der Waals surface area contributed by atoms with E-state index >= 15 is 0 Å². The van der Waals surface area contributed by atoms with Crippen molar-refractivity contribution in [1.82, 2.24) is 10.3 Å². The van der Waals surface area contributed by atoms with Crippen LogP contribution in [0.25, 0.3) is 10.8 Å². The summed E-state index contributed by atoms with van der Waals surface area (Å²) in [6.45, 7) is 2.76. The minimum absolute atomic E-state index is 0.0782. The van der Waals surface area contributed by atoms with E-state index in [9.17, 15) is 9.90 Å². The number of hydrogen-bond donors (Lipinski definition) is 2. The standard InChI is InChI=1S/C30H31N3O4/c34-30(35)33(29-7-3-4-15-32-29)17-18-36-26-12-10-24(11-13-26)27-14-16-31-20-28(27)37-21-22-8-9-23-5-1-2-6-25(23)19-22/h1-13,15,19,27-28,31H,14,16-18,20-21H2,(H,34,35). The zero-order chi connectivity index (χ0) is 25.5. The molecule has 2 heterocycles. The Kier molecular flexibility index (Phi) is 7.93. The fraction of sp³-hybridized carbons (Fsp3) is 0.267. The normalized spacial score (nSPS) is 17.4. The van der Waals surface area contributed by atoms with Gasteiger partial charge in [0.2, 0.25) is 0 Å². The van der Waals surface area contributed by atoms with Gasteiger partial charge in [-0.15, -0.1) is 0 Å². The maximum Gasteiger partial charge on any atom is 0.413 e. The highest BCUT2D eigenvalue weighted by atomic mass is 16.5. The molecule has 190 valence electrons. The number of carbonyl (C=O) groups is 1. The Labute approximate surface area is 216 Å². The summed E-state index contributed by atoms with van der Waals surface area (Å²) in [4.78, 5) is 16.9. The fourth-order valence-electron chi connectivity index (χ4n) is 4.81. The number of piperidine rings is 1. The fourth-order valence-corrected chi connectivity index (χ4v) is 4.81. The van der Waals surface area contributed by atoms with Crippen LogP contribution in [-0.2, 0) is 11.3 Å². The van der Waals surface area contributed by atoms with E-state index in [-0.39, 0.29) is 19.3 Å². The molecule has 0 radical (unpaired) electrons. The summed E-state index contributed by atoms with van der Waals surface area (Å²) >= 11 is 0. The summed E-state index contributed by atoms with van der Waals surface area (Å²) in [6, 6.07) is 28.1. The number of fused-ring (bicyclic) bond motifs is 1. The number of rotatable bonds is 9. The Bertz CT molecular complexity index is 1310. The lowest BCUT2D eigenvalue weighted by Gasteiger charge is -2.32. The molecule has 1 saturated heterocycles. The number of nitrogens with one attached hydrogen (secondary N) is 1. The predicted octanol–water partition coefficient (Wildman–Crippen LogP) is 5.46. The van der Waals surface area contributed by atoms with Crippen LogP contribution in [0.15, 0.2) is 91.1 Å². The highest BCUT2D eigenvalue weighted by molar-refractivity contribution is 5.84. The van der Waals surface area contributed by atoms with Crippen molar-refractivity contribution in [3.8, 4) is 5.75 Å². The van der Waals surface area contributed by atoms with Crippen LogP contribution in [0, 0.1) is 0 Å². The van der Waals surface area contributed by atoms with E-state index in [0.717, 1.165) is 19.5 Å². The van der Waals surface area contributed by atoms with Gasteiger partial charge in [-0.2, -0.15) is 0 Å². The van der Waals surface area contributed by atoms with Gasteiger partial charge < -0.3 is 19.9 Å². The summed E-state index contributed by atoms with van der Waals surface area (Å²) in [5.41, 5.74) is 2.39. The van der Waals surface area contributed by atoms with E-state index in [2.05, 4.69) is 64.9 Å². The molecule has 1 aliphatic heterocycles. The molecule has 4 aromatic rings. The zero-order valence-corrected chi connectivity index (χ0v) is 20.6. The quantitative estimate of drug-likeness (QED) is 0.319. The molecule has 2 atom stereocenters. The van der Waals surface area contributed by atoms with Crippen molar-refractivity contribution in [2.24, 2.45) is 0 Å². The molecule has 0 saturated carbocycles. The molecule has 3 aromatic carbocycles. The number of aromatic nitrogens is 1. The lowest BCUT2D eigenvalue weighted by Crippen LogP contribution is -2.40. The van der Waals surface area contributed by atoms with Crippen LogP contribution in [0.1, 0.15) is 23.5 Å². The van der Waals surface area contributed by atoms with Crippen LogP contribution in [0.5, 0.6) is 5.75 Å². The number of anilines is 1. The first-order valence-corrected chi connectivity index (χ1v) is 12.6. The van der Waals surface area contributed by atoms with Crippen molar-refractivity contribution in [2.75, 3.05) is 31.1 Å². The molecule has 0 spiro atoms. The van der Waals surface area contributed by atoms with Crippen LogP contribution in [0.3, 0.4) is 0 Å². The summed E-state index contributed by atoms with van der Waals surface area (Å²) in [6.07, 6.45) is 1.60. The molecule has 2 unspecified atom stereocenters. The monoisotopic (exact) mass is 497 g/mol. The second-order valence-electron chi connectivity index (χ2n) is 9.17. The molecule has 1 amide bonds. The van der Waals surface area contributed by atoms with E-state index in [1.807, 2.05) is 12.1 Å². The van der Waals surface area contributed by atoms with Gasteiger partial charge in [0.05, 0.1) is 19.3 Å². The first-order valence-electron chi connectivity index (χ1n) is 12.6. The molecule has 7 heteroatoms. The molecular weight excluding hydrogens is 466 g/mol. The van der Waals surface area contributed by atoms with Gasteiger partial charge in [-0.05, 0) is 65.2 Å². The molecule has 7 nitrogen and oxygen atoms in total. The first-order chi connectivity index (χ1) is 18.2. The van der Waals surface area contributed by atoms with Gasteiger partial charge >= 0.3 is 6.09 Å². The molecule has 0 bridgehead atoms. The largest absolute Gasteiger partial charge is 0.492 e. The third kappa shape index (κ3) is 6.25. The number of ether oxygens (including phenoxy) is 2. The third-order valence-corrected chi connectivity index (χ3v) is 6.75. The van der Waals surface area contributed by atoms with Gasteiger partial charge in [-0.1, -0.05) is 54.6 Å². The number of amides is 1. The van der Waals surface area contributed by atoms with E-state index in [4.69, 9.17) is 9.47 Å². The maximum atomic E-state index is 11.6. The second kappa shape index (κ2) is 11.9. The number of carboxylic acid groups (broad SMARTS) is 1. The van der Waals surface area contributed by atoms with Crippen LogP contribution < -0.4 is 15.0 Å². The summed E-state index contributed by atoms with van der Waals surface area (Å²) in [7, 11) is 0. The Morgan fingerprint density at radius 2 is 1.81 bits per heavy atom. The molecule has 1 aliphatic rings. The van der Waals surface area contributed by atoms with Gasteiger partial charge in [0.1, 0.15) is 18.2 Å². The van der Waals surface area contributed by atoms with Crippen molar-refractivity contribution in [1.29, 1.82) is 0 Å². The van der Waals surface area contributed by atoms with Crippen LogP contribution in [-0.4, -0.2) is 48.5 Å². The van der Waals surface area contributed by atoms with Crippen molar-refractivity contribution >= 4 is 22.7 Å². The van der Waals surface area contributed by atoms with Crippen molar-refractivity contribution in [3.05, 3.63) is 102 Å². The smallest absolute Gasteiger partial charge is 0.413 e. The average Bonchev–Trinajstić information content (AvgIpc) is 2.95. The number of benzene rings is 3.